The van der Waals surface area contributed by atoms with E-state index in [0.29, 0.717) is 42.7 Å². The molecule has 10 nitrogen and oxygen atoms in total. The molecule has 0 radical (unpaired) electrons. The topological polar surface area (TPSA) is 117 Å². The third-order valence-corrected chi connectivity index (χ3v) is 6.63. The number of sulfone groups is 1. The Bertz CT molecular complexity index is 1260. The van der Waals surface area contributed by atoms with E-state index in [9.17, 15) is 22.0 Å². The number of piperidine rings is 1. The first-order chi connectivity index (χ1) is 16.3. The number of hydrogen-bond acceptors (Lipinski definition) is 8. The number of fused-ring (bicyclic) bond motifs is 1. The monoisotopic (exact) mass is 495 g/mol. The van der Waals surface area contributed by atoms with Gasteiger partial charge in [-0.2, -0.15) is 5.10 Å². The number of halogens is 2. The Labute approximate surface area is 194 Å². The van der Waals surface area contributed by atoms with E-state index < -0.39 is 35.4 Å². The van der Waals surface area contributed by atoms with E-state index in [1.165, 1.54) is 23.4 Å². The van der Waals surface area contributed by atoms with E-state index in [4.69, 9.17) is 9.47 Å². The van der Waals surface area contributed by atoms with E-state index >= 15 is 0 Å². The zero-order chi connectivity index (χ0) is 24.3. The average Bonchev–Trinajstić information content (AvgIpc) is 3.27. The van der Waals surface area contributed by atoms with Gasteiger partial charge < -0.3 is 14.4 Å². The van der Waals surface area contributed by atoms with Crippen molar-refractivity contribution in [2.24, 2.45) is 0 Å². The van der Waals surface area contributed by atoms with E-state index in [1.54, 1.807) is 23.0 Å². The van der Waals surface area contributed by atoms with Gasteiger partial charge in [-0.25, -0.2) is 36.6 Å². The van der Waals surface area contributed by atoms with Crippen LogP contribution in [0.15, 0.2) is 41.7 Å². The third-order valence-electron chi connectivity index (χ3n) is 5.50. The van der Waals surface area contributed by atoms with Crippen LogP contribution in [-0.4, -0.2) is 78.0 Å². The van der Waals surface area contributed by atoms with Gasteiger partial charge in [-0.1, -0.05) is 0 Å². The second-order valence-electron chi connectivity index (χ2n) is 7.88. The summed E-state index contributed by atoms with van der Waals surface area (Å²) in [5.41, 5.74) is 0.550. The predicted octanol–water partition coefficient (Wildman–Crippen LogP) is 3.10. The lowest BCUT2D eigenvalue weighted by Gasteiger charge is -2.32. The summed E-state index contributed by atoms with van der Waals surface area (Å²) in [7, 11) is -3.31. The van der Waals surface area contributed by atoms with Gasteiger partial charge >= 0.3 is 6.09 Å². The van der Waals surface area contributed by atoms with Gasteiger partial charge in [-0.15, -0.1) is 0 Å². The number of nitrogens with zero attached hydrogens (tertiary/aromatic N) is 5. The Morgan fingerprint density at radius 1 is 1.15 bits per heavy atom. The molecule has 0 spiro atoms. The fourth-order valence-corrected chi connectivity index (χ4v) is 4.30. The Kier molecular flexibility index (Phi) is 6.91. The largest absolute Gasteiger partial charge is 0.441 e. The second-order valence-corrected chi connectivity index (χ2v) is 9.90. The van der Waals surface area contributed by atoms with Crippen LogP contribution < -0.4 is 4.74 Å². The lowest BCUT2D eigenvalue weighted by molar-refractivity contribution is 0.0321. The van der Waals surface area contributed by atoms with Crippen LogP contribution in [-0.2, 0) is 14.6 Å². The molecule has 0 atom stereocenters. The Morgan fingerprint density at radius 2 is 1.82 bits per heavy atom. The summed E-state index contributed by atoms with van der Waals surface area (Å²) < 4.78 is 60.9. The number of hydrogen-bond donors (Lipinski definition) is 0. The van der Waals surface area contributed by atoms with Crippen LogP contribution in [0.5, 0.6) is 11.6 Å². The molecule has 1 aliphatic heterocycles. The molecule has 0 bridgehead atoms. The van der Waals surface area contributed by atoms with E-state index in [1.807, 2.05) is 0 Å². The molecule has 1 fully saturated rings. The second kappa shape index (κ2) is 9.87. The van der Waals surface area contributed by atoms with Crippen molar-refractivity contribution >= 4 is 27.0 Å². The zero-order valence-electron chi connectivity index (χ0n) is 18.3. The normalized spacial score (nSPS) is 15.1. The molecule has 1 aliphatic rings. The molecule has 182 valence electrons. The molecule has 1 saturated heterocycles. The standard InChI is InChI=1S/C21H23F2N5O5S/c1-34(30,31)17-4-2-15(3-5-17)32-20-18-12-26-28(19(18)24-13-25-20)14-6-8-27(9-7-14)21(29)33-16(10-22)11-23/h2-5,12-14,16H,6-11H2,1H3. The molecule has 0 N–H and O–H groups in total. The smallest absolute Gasteiger partial charge is 0.410 e. The molecular weight excluding hydrogens is 472 g/mol. The summed E-state index contributed by atoms with van der Waals surface area (Å²) >= 11 is 0. The zero-order valence-corrected chi connectivity index (χ0v) is 19.1. The molecule has 2 aromatic heterocycles. The van der Waals surface area contributed by atoms with Crippen LogP contribution in [0.1, 0.15) is 18.9 Å². The highest BCUT2D eigenvalue weighted by atomic mass is 32.2. The number of alkyl halides is 2. The summed E-state index contributed by atoms with van der Waals surface area (Å²) in [6.07, 6.45) is 3.06. The highest BCUT2D eigenvalue weighted by molar-refractivity contribution is 7.90. The van der Waals surface area contributed by atoms with Gasteiger partial charge in [0.1, 0.15) is 30.8 Å². The van der Waals surface area contributed by atoms with E-state index in [0.717, 1.165) is 6.26 Å². The Balaban J connectivity index is 1.46. The molecule has 0 saturated carbocycles. The van der Waals surface area contributed by atoms with Crippen LogP contribution in [0.2, 0.25) is 0 Å². The van der Waals surface area contributed by atoms with Crippen LogP contribution in [0.4, 0.5) is 13.6 Å². The van der Waals surface area contributed by atoms with Crippen LogP contribution >= 0.6 is 0 Å². The van der Waals surface area contributed by atoms with Crippen molar-refractivity contribution in [3.05, 3.63) is 36.8 Å². The van der Waals surface area contributed by atoms with Gasteiger partial charge in [-0.3, -0.25) is 0 Å². The molecule has 4 rings (SSSR count). The summed E-state index contributed by atoms with van der Waals surface area (Å²) in [6.45, 7) is -1.44. The van der Waals surface area contributed by atoms with Gasteiger partial charge in [0.25, 0.3) is 0 Å². The van der Waals surface area contributed by atoms with Crippen molar-refractivity contribution in [3.63, 3.8) is 0 Å². The highest BCUT2D eigenvalue weighted by Gasteiger charge is 2.28. The maximum atomic E-state index is 12.6. The maximum Gasteiger partial charge on any atom is 0.410 e. The quantitative estimate of drug-likeness (QED) is 0.491. The minimum absolute atomic E-state index is 0.0588. The van der Waals surface area contributed by atoms with Crippen molar-refractivity contribution in [2.45, 2.75) is 29.9 Å². The summed E-state index contributed by atoms with van der Waals surface area (Å²) in [6, 6.07) is 5.93. The van der Waals surface area contributed by atoms with Crippen LogP contribution in [0, 0.1) is 0 Å². The number of aromatic nitrogens is 4. The molecule has 3 heterocycles. The first-order valence-corrected chi connectivity index (χ1v) is 12.4. The molecule has 3 aromatic rings. The van der Waals surface area contributed by atoms with Gasteiger partial charge in [-0.05, 0) is 37.1 Å². The van der Waals surface area contributed by atoms with Crippen LogP contribution in [0.3, 0.4) is 0 Å². The summed E-state index contributed by atoms with van der Waals surface area (Å²) in [5, 5.41) is 5.01. The first kappa shape index (κ1) is 23.8. The van der Waals surface area contributed by atoms with Gasteiger partial charge in [0.05, 0.1) is 17.1 Å². The molecule has 0 aliphatic carbocycles. The number of benzene rings is 1. The summed E-state index contributed by atoms with van der Waals surface area (Å²) in [5.74, 6) is 0.680. The molecular formula is C21H23F2N5O5S. The highest BCUT2D eigenvalue weighted by Crippen LogP contribution is 2.31. The van der Waals surface area contributed by atoms with Crippen molar-refractivity contribution < 1.29 is 31.5 Å². The number of likely N-dealkylation sites (tertiary alicyclic amines) is 1. The van der Waals surface area contributed by atoms with Crippen LogP contribution in [0.25, 0.3) is 11.0 Å². The summed E-state index contributed by atoms with van der Waals surface area (Å²) in [4.78, 5) is 22.2. The van der Waals surface area contributed by atoms with Crippen molar-refractivity contribution in [3.8, 4) is 11.6 Å². The molecule has 1 amide bonds. The fraction of sp³-hybridized carbons (Fsp3) is 0.429. The molecule has 1 aromatic carbocycles. The minimum atomic E-state index is -3.31. The minimum Gasteiger partial charge on any atom is -0.441 e. The number of rotatable bonds is 7. The Morgan fingerprint density at radius 3 is 2.44 bits per heavy atom. The first-order valence-electron chi connectivity index (χ1n) is 10.5. The Hall–Kier alpha value is -3.35. The fourth-order valence-electron chi connectivity index (χ4n) is 3.67. The molecule has 0 unspecified atom stereocenters. The molecule has 13 heteroatoms. The SMILES string of the molecule is CS(=O)(=O)c1ccc(Oc2ncnc3c2cnn3C2CCN(C(=O)OC(CF)CF)CC2)cc1. The lowest BCUT2D eigenvalue weighted by Crippen LogP contribution is -2.41. The number of amides is 1. The predicted molar refractivity (Wildman–Crippen MR) is 117 cm³/mol. The number of carbonyl (C=O) groups is 1. The van der Waals surface area contributed by atoms with Gasteiger partial charge in [0.15, 0.2) is 21.6 Å². The average molecular weight is 496 g/mol. The lowest BCUT2D eigenvalue weighted by atomic mass is 10.1. The van der Waals surface area contributed by atoms with E-state index in [-0.39, 0.29) is 16.8 Å². The number of ether oxygens (including phenoxy) is 2. The van der Waals surface area contributed by atoms with Crippen molar-refractivity contribution in [1.82, 2.24) is 24.6 Å². The molecule has 34 heavy (non-hydrogen) atoms. The third kappa shape index (κ3) is 5.08. The van der Waals surface area contributed by atoms with Gasteiger partial charge in [0.2, 0.25) is 5.88 Å². The van der Waals surface area contributed by atoms with Gasteiger partial charge in [0, 0.05) is 19.3 Å². The van der Waals surface area contributed by atoms with Crippen molar-refractivity contribution in [1.29, 1.82) is 0 Å². The van der Waals surface area contributed by atoms with Crippen molar-refractivity contribution in [2.75, 3.05) is 32.7 Å². The van der Waals surface area contributed by atoms with E-state index in [2.05, 4.69) is 15.1 Å². The number of carbonyl (C=O) groups excluding carboxylic acids is 1. The maximum absolute atomic E-state index is 12.6.